The Bertz CT molecular complexity index is 979. The molecule has 0 saturated carbocycles. The number of unbranched alkanes of at least 4 members (excludes halogenated alkanes) is 14. The van der Waals surface area contributed by atoms with E-state index in [1.165, 1.54) is 38.5 Å². The summed E-state index contributed by atoms with van der Waals surface area (Å²) in [6.45, 7) is 10.7. The average molecular weight is 754 g/mol. The van der Waals surface area contributed by atoms with Gasteiger partial charge in [0.2, 0.25) is 0 Å². The van der Waals surface area contributed by atoms with E-state index < -0.39 is 0 Å². The van der Waals surface area contributed by atoms with Crippen LogP contribution in [0, 0.1) is 0 Å². The number of rotatable bonds is 40. The summed E-state index contributed by atoms with van der Waals surface area (Å²) in [5, 5.41) is 0. The van der Waals surface area contributed by atoms with Gasteiger partial charge in [0, 0.05) is 37.8 Å². The molecule has 0 bridgehead atoms. The molecule has 0 spiro atoms. The number of nitrogen functional groups attached to an aromatic ring is 1. The van der Waals surface area contributed by atoms with Crippen molar-refractivity contribution in [1.82, 2.24) is 0 Å². The number of hydrogen-bond donors (Lipinski definition) is 1. The van der Waals surface area contributed by atoms with E-state index in [-0.39, 0.29) is 25.2 Å². The summed E-state index contributed by atoms with van der Waals surface area (Å²) in [7, 11) is 0. The molecular weight excluding hydrogens is 678 g/mol. The second-order valence-electron chi connectivity index (χ2n) is 13.5. The third-order valence-electron chi connectivity index (χ3n) is 8.54. The highest BCUT2D eigenvalue weighted by Crippen LogP contribution is 2.30. The summed E-state index contributed by atoms with van der Waals surface area (Å²) in [6, 6.07) is 5.49. The van der Waals surface area contributed by atoms with E-state index in [0.29, 0.717) is 82.9 Å². The van der Waals surface area contributed by atoms with Gasteiger partial charge >= 0.3 is 11.9 Å². The monoisotopic (exact) mass is 754 g/mol. The van der Waals surface area contributed by atoms with Crippen molar-refractivity contribution in [3.63, 3.8) is 0 Å². The van der Waals surface area contributed by atoms with Crippen LogP contribution in [0.3, 0.4) is 0 Å². The number of nitrogens with two attached hydrogens (primary N) is 1. The van der Waals surface area contributed by atoms with E-state index in [4.69, 9.17) is 43.6 Å². The van der Waals surface area contributed by atoms with Crippen LogP contribution in [0.5, 0.6) is 11.5 Å². The predicted molar refractivity (Wildman–Crippen MR) is 211 cm³/mol. The highest BCUT2D eigenvalue weighted by atomic mass is 16.6. The smallest absolute Gasteiger partial charge is 0.305 e. The Kier molecular flexibility index (Phi) is 34.4. The van der Waals surface area contributed by atoms with Gasteiger partial charge in [-0.2, -0.15) is 0 Å². The van der Waals surface area contributed by atoms with Gasteiger partial charge in [0.15, 0.2) is 11.5 Å². The van der Waals surface area contributed by atoms with Crippen molar-refractivity contribution >= 4 is 17.6 Å². The van der Waals surface area contributed by atoms with Crippen LogP contribution >= 0.6 is 0 Å². The van der Waals surface area contributed by atoms with E-state index in [1.54, 1.807) is 0 Å². The van der Waals surface area contributed by atoms with Gasteiger partial charge in [-0.05, 0) is 50.7 Å². The van der Waals surface area contributed by atoms with Crippen LogP contribution in [0.1, 0.15) is 142 Å². The van der Waals surface area contributed by atoms with Gasteiger partial charge in [-0.3, -0.25) is 9.59 Å². The Balaban J connectivity index is 1.96. The standard InChI is InChI=1S/C42H75NO10/c1-3-5-7-17-25-46-29-31-48-33-35-52-41(44)21-15-11-9-13-19-27-50-39-24-23-38(43)37-40(39)51-28-20-14-10-12-16-22-42(45)53-36-34-49-32-30-47-26-18-8-6-4-2/h23-24,37H,3-22,25-36,43H2,1-2H3. The second-order valence-corrected chi connectivity index (χ2v) is 13.5. The van der Waals surface area contributed by atoms with Gasteiger partial charge in [-0.25, -0.2) is 0 Å². The maximum atomic E-state index is 12.0. The Morgan fingerprint density at radius 2 is 0.811 bits per heavy atom. The van der Waals surface area contributed by atoms with Crippen LogP contribution in [0.25, 0.3) is 0 Å². The van der Waals surface area contributed by atoms with Gasteiger partial charge in [0.05, 0.1) is 52.9 Å². The molecule has 0 radical (unpaired) electrons. The lowest BCUT2D eigenvalue weighted by Gasteiger charge is -2.13. The van der Waals surface area contributed by atoms with E-state index >= 15 is 0 Å². The lowest BCUT2D eigenvalue weighted by atomic mass is 10.1. The Labute approximate surface area is 321 Å². The minimum atomic E-state index is -0.168. The summed E-state index contributed by atoms with van der Waals surface area (Å²) in [5.74, 6) is 1.04. The van der Waals surface area contributed by atoms with Crippen molar-refractivity contribution in [2.45, 2.75) is 142 Å². The summed E-state index contributed by atoms with van der Waals surface area (Å²) in [4.78, 5) is 23.9. The molecule has 0 unspecified atom stereocenters. The first-order valence-corrected chi connectivity index (χ1v) is 20.8. The number of esters is 2. The van der Waals surface area contributed by atoms with Crippen molar-refractivity contribution in [1.29, 1.82) is 0 Å². The van der Waals surface area contributed by atoms with Crippen LogP contribution in [-0.4, -0.2) is 91.2 Å². The number of ether oxygens (including phenoxy) is 8. The predicted octanol–water partition coefficient (Wildman–Crippen LogP) is 9.02. The average Bonchev–Trinajstić information content (AvgIpc) is 3.15. The van der Waals surface area contributed by atoms with Crippen molar-refractivity contribution in [2.24, 2.45) is 0 Å². The zero-order valence-electron chi connectivity index (χ0n) is 33.5. The van der Waals surface area contributed by atoms with Gasteiger partial charge in [-0.1, -0.05) is 90.9 Å². The van der Waals surface area contributed by atoms with E-state index in [9.17, 15) is 9.59 Å². The molecule has 0 amide bonds. The molecule has 0 aliphatic carbocycles. The minimum absolute atomic E-state index is 0.167. The molecule has 1 aromatic carbocycles. The SMILES string of the molecule is CCCCCCOCCOCCOC(=O)CCCCCCCOc1ccc(N)cc1OCCCCCCCC(=O)OCCOCCOCCCCCC. The molecule has 53 heavy (non-hydrogen) atoms. The van der Waals surface area contributed by atoms with Crippen LogP contribution in [-0.2, 0) is 38.0 Å². The van der Waals surface area contributed by atoms with Crippen molar-refractivity contribution < 1.29 is 47.5 Å². The van der Waals surface area contributed by atoms with Crippen molar-refractivity contribution in [2.75, 3.05) is 85.0 Å². The van der Waals surface area contributed by atoms with Crippen LogP contribution in [0.4, 0.5) is 5.69 Å². The second kappa shape index (κ2) is 37.7. The molecule has 1 aromatic rings. The number of benzene rings is 1. The highest BCUT2D eigenvalue weighted by Gasteiger charge is 2.08. The maximum absolute atomic E-state index is 12.0. The fraction of sp³-hybridized carbons (Fsp3) is 0.810. The molecular formula is C42H75NO10. The first-order valence-electron chi connectivity index (χ1n) is 20.8. The van der Waals surface area contributed by atoms with Crippen molar-refractivity contribution in [3.8, 4) is 11.5 Å². The number of carbonyl (C=O) groups excluding carboxylic acids is 2. The van der Waals surface area contributed by atoms with E-state index in [2.05, 4.69) is 13.8 Å². The van der Waals surface area contributed by atoms with Crippen LogP contribution in [0.2, 0.25) is 0 Å². The molecule has 1 rings (SSSR count). The number of carbonyl (C=O) groups is 2. The summed E-state index contributed by atoms with van der Waals surface area (Å²) in [6.07, 6.45) is 20.0. The third kappa shape index (κ3) is 32.5. The Morgan fingerprint density at radius 3 is 1.30 bits per heavy atom. The van der Waals surface area contributed by atoms with Gasteiger partial charge in [-0.15, -0.1) is 0 Å². The van der Waals surface area contributed by atoms with Crippen molar-refractivity contribution in [3.05, 3.63) is 18.2 Å². The molecule has 308 valence electrons. The first kappa shape index (κ1) is 48.4. The minimum Gasteiger partial charge on any atom is -0.490 e. The van der Waals surface area contributed by atoms with Gasteiger partial charge < -0.3 is 43.6 Å². The molecule has 0 fully saturated rings. The Hall–Kier alpha value is -2.60. The summed E-state index contributed by atoms with van der Waals surface area (Å²) in [5.41, 5.74) is 6.64. The van der Waals surface area contributed by atoms with Gasteiger partial charge in [0.25, 0.3) is 0 Å². The molecule has 0 aliphatic heterocycles. The van der Waals surface area contributed by atoms with E-state index in [1.807, 2.05) is 18.2 Å². The highest BCUT2D eigenvalue weighted by molar-refractivity contribution is 5.69. The number of hydrogen-bond acceptors (Lipinski definition) is 11. The fourth-order valence-corrected chi connectivity index (χ4v) is 5.40. The normalized spacial score (nSPS) is 11.1. The molecule has 11 nitrogen and oxygen atoms in total. The molecule has 0 aliphatic rings. The summed E-state index contributed by atoms with van der Waals surface area (Å²) >= 11 is 0. The zero-order valence-corrected chi connectivity index (χ0v) is 33.5. The fourth-order valence-electron chi connectivity index (χ4n) is 5.40. The first-order chi connectivity index (χ1) is 26.1. The zero-order chi connectivity index (χ0) is 38.3. The number of anilines is 1. The molecule has 2 N–H and O–H groups in total. The third-order valence-corrected chi connectivity index (χ3v) is 8.54. The maximum Gasteiger partial charge on any atom is 0.305 e. The largest absolute Gasteiger partial charge is 0.490 e. The lowest BCUT2D eigenvalue weighted by Crippen LogP contribution is -2.13. The molecule has 0 heterocycles. The quantitative estimate of drug-likeness (QED) is 0.0391. The molecule has 11 heteroatoms. The molecule has 0 saturated heterocycles. The lowest BCUT2D eigenvalue weighted by molar-refractivity contribution is -0.146. The van der Waals surface area contributed by atoms with Gasteiger partial charge in [0.1, 0.15) is 13.2 Å². The van der Waals surface area contributed by atoms with Crippen LogP contribution < -0.4 is 15.2 Å². The molecule has 0 atom stereocenters. The van der Waals surface area contributed by atoms with Crippen LogP contribution in [0.15, 0.2) is 18.2 Å². The summed E-state index contributed by atoms with van der Waals surface area (Å²) < 4.78 is 44.5. The Morgan fingerprint density at radius 1 is 0.434 bits per heavy atom. The topological polar surface area (TPSA) is 134 Å². The molecule has 0 aromatic heterocycles. The van der Waals surface area contributed by atoms with E-state index in [0.717, 1.165) is 90.3 Å².